The first-order chi connectivity index (χ1) is 17.6. The lowest BCUT2D eigenvalue weighted by atomic mass is 10.0. The number of hydrogen-bond donors (Lipinski definition) is 3. The minimum absolute atomic E-state index is 0.0275. The molecule has 5 rings (SSSR count). The Labute approximate surface area is 214 Å². The molecule has 1 aromatic carbocycles. The number of aromatic nitrogens is 4. The van der Waals surface area contributed by atoms with E-state index < -0.39 is 0 Å². The van der Waals surface area contributed by atoms with Crippen LogP contribution in [-0.2, 0) is 11.3 Å². The Morgan fingerprint density at radius 1 is 1.19 bits per heavy atom. The van der Waals surface area contributed by atoms with Gasteiger partial charge in [0, 0.05) is 50.7 Å². The summed E-state index contributed by atoms with van der Waals surface area (Å²) in [5.41, 5.74) is 4.34. The van der Waals surface area contributed by atoms with Gasteiger partial charge < -0.3 is 20.4 Å². The van der Waals surface area contributed by atoms with Crippen molar-refractivity contribution in [3.8, 4) is 17.1 Å². The van der Waals surface area contributed by atoms with E-state index in [1.54, 1.807) is 19.4 Å². The number of nitrogens with zero attached hydrogens (tertiary/aromatic N) is 4. The number of aromatic amines is 1. The van der Waals surface area contributed by atoms with E-state index in [1.165, 1.54) is 5.56 Å². The van der Waals surface area contributed by atoms with E-state index in [-0.39, 0.29) is 12.5 Å². The SMILES string of the molecule is CNC(=O)COc1ccc(-c2nc3ncc(Cl)c(NC4CCN(Cc5cccnc5)CC4)c3[nH]2)cc1. The molecule has 3 N–H and O–H groups in total. The molecule has 186 valence electrons. The van der Waals surface area contributed by atoms with Crippen molar-refractivity contribution in [3.05, 3.63) is 65.6 Å². The van der Waals surface area contributed by atoms with Crippen molar-refractivity contribution in [2.24, 2.45) is 0 Å². The lowest BCUT2D eigenvalue weighted by Gasteiger charge is -2.33. The molecule has 9 nitrogen and oxygen atoms in total. The standard InChI is InChI=1S/C26H28ClN7O2/c1-28-22(35)16-36-20-6-4-18(5-7-20)25-32-24-23(21(27)14-30-26(24)33-25)31-19-8-11-34(12-9-19)15-17-3-2-10-29-13-17/h2-7,10,13-14,19H,8-9,11-12,15-16H2,1H3,(H,28,35)(H2,30,31,32,33). The highest BCUT2D eigenvalue weighted by Crippen LogP contribution is 2.32. The summed E-state index contributed by atoms with van der Waals surface area (Å²) in [6.45, 7) is 2.89. The van der Waals surface area contributed by atoms with Crippen LogP contribution in [0.3, 0.4) is 0 Å². The maximum absolute atomic E-state index is 11.4. The summed E-state index contributed by atoms with van der Waals surface area (Å²) in [5, 5.41) is 6.74. The number of halogens is 1. The van der Waals surface area contributed by atoms with E-state index in [4.69, 9.17) is 16.3 Å². The maximum atomic E-state index is 11.4. The molecule has 0 spiro atoms. The van der Waals surface area contributed by atoms with Gasteiger partial charge in [0.05, 0.1) is 16.9 Å². The second-order valence-electron chi connectivity index (χ2n) is 8.81. The molecule has 0 aliphatic carbocycles. The fourth-order valence-electron chi connectivity index (χ4n) is 4.33. The molecule has 1 amide bonds. The van der Waals surface area contributed by atoms with Gasteiger partial charge in [-0.3, -0.25) is 14.7 Å². The minimum atomic E-state index is -0.182. The van der Waals surface area contributed by atoms with Gasteiger partial charge in [-0.2, -0.15) is 0 Å². The van der Waals surface area contributed by atoms with E-state index in [2.05, 4.69) is 41.5 Å². The topological polar surface area (TPSA) is 108 Å². The summed E-state index contributed by atoms with van der Waals surface area (Å²) in [6.07, 6.45) is 7.40. The van der Waals surface area contributed by atoms with Crippen LogP contribution in [0, 0.1) is 0 Å². The van der Waals surface area contributed by atoms with Crippen LogP contribution in [0.1, 0.15) is 18.4 Å². The fraction of sp³-hybridized carbons (Fsp3) is 0.308. The number of likely N-dealkylation sites (N-methyl/N-ethyl adjacent to an activating group) is 1. The number of nitrogens with one attached hydrogen (secondary N) is 3. The number of imidazole rings is 1. The Morgan fingerprint density at radius 2 is 2.00 bits per heavy atom. The normalized spacial score (nSPS) is 14.6. The number of fused-ring (bicyclic) bond motifs is 1. The predicted molar refractivity (Wildman–Crippen MR) is 140 cm³/mol. The molecule has 0 atom stereocenters. The fourth-order valence-corrected chi connectivity index (χ4v) is 4.53. The zero-order valence-electron chi connectivity index (χ0n) is 20.0. The number of anilines is 1. The second kappa shape index (κ2) is 10.9. The number of pyridine rings is 2. The lowest BCUT2D eigenvalue weighted by molar-refractivity contribution is -0.122. The van der Waals surface area contributed by atoms with Crippen LogP contribution in [0.15, 0.2) is 55.0 Å². The molecule has 0 bridgehead atoms. The van der Waals surface area contributed by atoms with Crippen molar-refractivity contribution in [2.75, 3.05) is 32.1 Å². The van der Waals surface area contributed by atoms with E-state index in [0.717, 1.165) is 49.2 Å². The van der Waals surface area contributed by atoms with E-state index in [0.29, 0.717) is 28.3 Å². The van der Waals surface area contributed by atoms with E-state index >= 15 is 0 Å². The Bertz CT molecular complexity index is 1320. The lowest BCUT2D eigenvalue weighted by Crippen LogP contribution is -2.38. The number of hydrogen-bond acceptors (Lipinski definition) is 7. The molecule has 4 aromatic rings. The highest BCUT2D eigenvalue weighted by molar-refractivity contribution is 6.34. The summed E-state index contributed by atoms with van der Waals surface area (Å²) in [6, 6.07) is 11.8. The van der Waals surface area contributed by atoms with Gasteiger partial charge in [0.1, 0.15) is 17.1 Å². The molecule has 4 heterocycles. The van der Waals surface area contributed by atoms with Gasteiger partial charge >= 0.3 is 0 Å². The molecule has 10 heteroatoms. The Balaban J connectivity index is 1.26. The summed E-state index contributed by atoms with van der Waals surface area (Å²) in [4.78, 5) is 30.5. The van der Waals surface area contributed by atoms with Gasteiger partial charge in [-0.25, -0.2) is 9.97 Å². The molecule has 1 saturated heterocycles. The molecule has 3 aromatic heterocycles. The first-order valence-corrected chi connectivity index (χ1v) is 12.3. The monoisotopic (exact) mass is 505 g/mol. The maximum Gasteiger partial charge on any atom is 0.257 e. The van der Waals surface area contributed by atoms with E-state index in [1.807, 2.05) is 36.5 Å². The van der Waals surface area contributed by atoms with Crippen LogP contribution in [0.4, 0.5) is 5.69 Å². The Kier molecular flexibility index (Phi) is 7.29. The third-order valence-corrected chi connectivity index (χ3v) is 6.60. The third-order valence-electron chi connectivity index (χ3n) is 6.32. The summed E-state index contributed by atoms with van der Waals surface area (Å²) < 4.78 is 5.48. The third kappa shape index (κ3) is 5.58. The van der Waals surface area contributed by atoms with Crippen molar-refractivity contribution in [2.45, 2.75) is 25.4 Å². The molecule has 0 saturated carbocycles. The smallest absolute Gasteiger partial charge is 0.257 e. The molecule has 36 heavy (non-hydrogen) atoms. The Morgan fingerprint density at radius 3 is 2.72 bits per heavy atom. The first-order valence-electron chi connectivity index (χ1n) is 11.9. The van der Waals surface area contributed by atoms with Gasteiger partial charge in [0.2, 0.25) is 0 Å². The molecular weight excluding hydrogens is 478 g/mol. The average molecular weight is 506 g/mol. The average Bonchev–Trinajstić information content (AvgIpc) is 3.35. The number of H-pyrrole nitrogens is 1. The zero-order chi connectivity index (χ0) is 24.9. The summed E-state index contributed by atoms with van der Waals surface area (Å²) >= 11 is 6.57. The molecule has 1 fully saturated rings. The Hall–Kier alpha value is -3.69. The van der Waals surface area contributed by atoms with E-state index in [9.17, 15) is 4.79 Å². The number of rotatable bonds is 8. The molecular formula is C26H28ClN7O2. The van der Waals surface area contributed by atoms with Crippen molar-refractivity contribution in [3.63, 3.8) is 0 Å². The number of piperidine rings is 1. The van der Waals surface area contributed by atoms with Crippen LogP contribution in [0.5, 0.6) is 5.75 Å². The number of amides is 1. The molecule has 0 unspecified atom stereocenters. The van der Waals surface area contributed by atoms with Crippen molar-refractivity contribution < 1.29 is 9.53 Å². The van der Waals surface area contributed by atoms with Gasteiger partial charge in [-0.1, -0.05) is 17.7 Å². The van der Waals surface area contributed by atoms with Gasteiger partial charge in [0.25, 0.3) is 5.91 Å². The first kappa shape index (κ1) is 24.0. The van der Waals surface area contributed by atoms with Gasteiger partial charge in [0.15, 0.2) is 12.3 Å². The highest BCUT2D eigenvalue weighted by Gasteiger charge is 2.22. The van der Waals surface area contributed by atoms with Crippen molar-refractivity contribution >= 4 is 34.4 Å². The van der Waals surface area contributed by atoms with Crippen LogP contribution in [0.2, 0.25) is 5.02 Å². The van der Waals surface area contributed by atoms with Crippen LogP contribution in [-0.4, -0.2) is 63.5 Å². The molecule has 0 radical (unpaired) electrons. The quantitative estimate of drug-likeness (QED) is 0.333. The zero-order valence-corrected chi connectivity index (χ0v) is 20.8. The summed E-state index contributed by atoms with van der Waals surface area (Å²) in [5.74, 6) is 1.11. The molecule has 1 aliphatic heterocycles. The van der Waals surface area contributed by atoms with Crippen LogP contribution >= 0.6 is 11.6 Å². The van der Waals surface area contributed by atoms with Crippen LogP contribution in [0.25, 0.3) is 22.6 Å². The predicted octanol–water partition coefficient (Wildman–Crippen LogP) is 3.87. The molecule has 1 aliphatic rings. The highest BCUT2D eigenvalue weighted by atomic mass is 35.5. The number of benzene rings is 1. The number of carbonyl (C=O) groups is 1. The number of likely N-dealkylation sites (tertiary alicyclic amines) is 1. The van der Waals surface area contributed by atoms with Crippen molar-refractivity contribution in [1.82, 2.24) is 30.2 Å². The minimum Gasteiger partial charge on any atom is -0.484 e. The summed E-state index contributed by atoms with van der Waals surface area (Å²) in [7, 11) is 1.58. The number of ether oxygens (including phenoxy) is 1. The van der Waals surface area contributed by atoms with Gasteiger partial charge in [-0.05, 0) is 48.7 Å². The number of carbonyl (C=O) groups excluding carboxylic acids is 1. The second-order valence-corrected chi connectivity index (χ2v) is 9.21. The van der Waals surface area contributed by atoms with Crippen molar-refractivity contribution in [1.29, 1.82) is 0 Å². The van der Waals surface area contributed by atoms with Crippen LogP contribution < -0.4 is 15.4 Å². The largest absolute Gasteiger partial charge is 0.484 e. The van der Waals surface area contributed by atoms with Gasteiger partial charge in [-0.15, -0.1) is 0 Å².